The number of carbonyl (C=O) groups excluding carboxylic acids is 1. The molecule has 0 N–H and O–H groups in total. The lowest BCUT2D eigenvalue weighted by molar-refractivity contribution is 0.0964. The van der Waals surface area contributed by atoms with Gasteiger partial charge in [-0.1, -0.05) is 18.2 Å². The fourth-order valence-electron chi connectivity index (χ4n) is 3.76. The van der Waals surface area contributed by atoms with Gasteiger partial charge in [0.15, 0.2) is 0 Å². The van der Waals surface area contributed by atoms with Crippen molar-refractivity contribution in [3.8, 4) is 0 Å². The number of rotatable bonds is 2. The highest BCUT2D eigenvalue weighted by Gasteiger charge is 2.24. The monoisotopic (exact) mass is 336 g/mol. The van der Waals surface area contributed by atoms with Gasteiger partial charge in [-0.3, -0.25) is 9.36 Å². The molecule has 1 aliphatic rings. The molecule has 2 heterocycles. The van der Waals surface area contributed by atoms with E-state index in [-0.39, 0.29) is 11.7 Å². The molecule has 2 aromatic carbocycles. The van der Waals surface area contributed by atoms with Gasteiger partial charge < -0.3 is 4.90 Å². The summed E-state index contributed by atoms with van der Waals surface area (Å²) in [6, 6.07) is 13.9. The molecular formula is C21H21FN2O. The van der Waals surface area contributed by atoms with Crippen molar-refractivity contribution in [3.05, 3.63) is 71.7 Å². The maximum Gasteiger partial charge on any atom is 0.262 e. The van der Waals surface area contributed by atoms with Gasteiger partial charge in [0.1, 0.15) is 5.82 Å². The van der Waals surface area contributed by atoms with E-state index in [4.69, 9.17) is 0 Å². The molecule has 0 radical (unpaired) electrons. The van der Waals surface area contributed by atoms with E-state index in [1.165, 1.54) is 6.07 Å². The van der Waals surface area contributed by atoms with Gasteiger partial charge in [0.25, 0.3) is 5.91 Å². The molecule has 0 spiro atoms. The predicted octanol–water partition coefficient (Wildman–Crippen LogP) is 4.28. The summed E-state index contributed by atoms with van der Waals surface area (Å²) in [5.74, 6) is 0.0355. The molecule has 3 nitrogen and oxygen atoms in total. The molecule has 1 aromatic heterocycles. The van der Waals surface area contributed by atoms with Crippen molar-refractivity contribution in [2.45, 2.75) is 18.8 Å². The van der Waals surface area contributed by atoms with Crippen LogP contribution in [0.3, 0.4) is 0 Å². The van der Waals surface area contributed by atoms with Crippen LogP contribution in [0.2, 0.25) is 0 Å². The Balaban J connectivity index is 1.81. The summed E-state index contributed by atoms with van der Waals surface area (Å²) in [6.45, 7) is 2.05. The first kappa shape index (κ1) is 16.0. The Kier molecular flexibility index (Phi) is 4.14. The molecule has 0 aliphatic carbocycles. The molecule has 0 atom stereocenters. The Morgan fingerprint density at radius 3 is 2.52 bits per heavy atom. The first-order valence-corrected chi connectivity index (χ1v) is 8.72. The van der Waals surface area contributed by atoms with Crippen LogP contribution in [0.15, 0.2) is 54.7 Å². The molecule has 4 heteroatoms. The average Bonchev–Trinajstić information content (AvgIpc) is 3.01. The summed E-state index contributed by atoms with van der Waals surface area (Å²) >= 11 is 0. The first-order valence-electron chi connectivity index (χ1n) is 8.72. The van der Waals surface area contributed by atoms with Crippen LogP contribution >= 0.6 is 0 Å². The minimum Gasteiger partial charge on any atom is -0.306 e. The van der Waals surface area contributed by atoms with Crippen LogP contribution in [0.25, 0.3) is 10.9 Å². The molecule has 128 valence electrons. The third-order valence-corrected chi connectivity index (χ3v) is 5.20. The van der Waals surface area contributed by atoms with E-state index < -0.39 is 0 Å². The lowest BCUT2D eigenvalue weighted by Crippen LogP contribution is -2.29. The van der Waals surface area contributed by atoms with Crippen molar-refractivity contribution in [3.63, 3.8) is 0 Å². The number of halogens is 1. The number of benzene rings is 2. The fourth-order valence-corrected chi connectivity index (χ4v) is 3.76. The fraction of sp³-hybridized carbons (Fsp3) is 0.286. The summed E-state index contributed by atoms with van der Waals surface area (Å²) in [5.41, 5.74) is 2.51. The van der Waals surface area contributed by atoms with Crippen LogP contribution in [0.4, 0.5) is 4.39 Å². The lowest BCUT2D eigenvalue weighted by Gasteiger charge is -2.28. The zero-order valence-electron chi connectivity index (χ0n) is 14.3. The standard InChI is InChI=1S/C21H21FN2O/c1-23-11-9-15(10-12-23)19-14-24(20-8-7-17(22)13-18(19)20)21(25)16-5-3-2-4-6-16/h2-8,13-15H,9-12H2,1H3. The van der Waals surface area contributed by atoms with Crippen molar-refractivity contribution >= 4 is 16.8 Å². The van der Waals surface area contributed by atoms with Crippen LogP contribution in [-0.4, -0.2) is 35.5 Å². The summed E-state index contributed by atoms with van der Waals surface area (Å²) in [5, 5.41) is 0.860. The number of carbonyl (C=O) groups is 1. The second kappa shape index (κ2) is 6.45. The van der Waals surface area contributed by atoms with E-state index in [1.807, 2.05) is 36.5 Å². The number of hydrogen-bond donors (Lipinski definition) is 0. The van der Waals surface area contributed by atoms with Crippen molar-refractivity contribution in [2.75, 3.05) is 20.1 Å². The SMILES string of the molecule is CN1CCC(c2cn(C(=O)c3ccccc3)c3ccc(F)cc23)CC1. The van der Waals surface area contributed by atoms with Crippen LogP contribution in [0, 0.1) is 5.82 Å². The normalized spacial score (nSPS) is 16.4. The largest absolute Gasteiger partial charge is 0.306 e. The zero-order chi connectivity index (χ0) is 17.4. The zero-order valence-corrected chi connectivity index (χ0v) is 14.3. The van der Waals surface area contributed by atoms with Crippen molar-refractivity contribution in [1.82, 2.24) is 9.47 Å². The smallest absolute Gasteiger partial charge is 0.262 e. The molecule has 4 rings (SSSR count). The van der Waals surface area contributed by atoms with Gasteiger partial charge in [-0.15, -0.1) is 0 Å². The summed E-state index contributed by atoms with van der Waals surface area (Å²) in [6.07, 6.45) is 3.99. The average molecular weight is 336 g/mol. The topological polar surface area (TPSA) is 25.2 Å². The van der Waals surface area contributed by atoms with Crippen LogP contribution in [-0.2, 0) is 0 Å². The van der Waals surface area contributed by atoms with Crippen LogP contribution in [0.5, 0.6) is 0 Å². The van der Waals surface area contributed by atoms with Gasteiger partial charge in [0.2, 0.25) is 0 Å². The molecule has 1 saturated heterocycles. The Hall–Kier alpha value is -2.46. The third-order valence-electron chi connectivity index (χ3n) is 5.20. The number of likely N-dealkylation sites (tertiary alicyclic amines) is 1. The Labute approximate surface area is 146 Å². The van der Waals surface area contributed by atoms with Gasteiger partial charge in [-0.2, -0.15) is 0 Å². The van der Waals surface area contributed by atoms with Gasteiger partial charge in [-0.05, 0) is 74.8 Å². The maximum atomic E-state index is 13.9. The minimum absolute atomic E-state index is 0.0728. The quantitative estimate of drug-likeness (QED) is 0.698. The second-order valence-electron chi connectivity index (χ2n) is 6.86. The van der Waals surface area contributed by atoms with Crippen molar-refractivity contribution in [1.29, 1.82) is 0 Å². The number of aromatic nitrogens is 1. The first-order chi connectivity index (χ1) is 12.1. The second-order valence-corrected chi connectivity index (χ2v) is 6.86. The molecule has 0 bridgehead atoms. The van der Waals surface area contributed by atoms with E-state index in [2.05, 4.69) is 11.9 Å². The van der Waals surface area contributed by atoms with Crippen molar-refractivity contribution < 1.29 is 9.18 Å². The molecule has 0 saturated carbocycles. The Bertz CT molecular complexity index is 908. The number of nitrogens with zero attached hydrogens (tertiary/aromatic N) is 2. The molecule has 0 amide bonds. The van der Waals surface area contributed by atoms with Crippen LogP contribution in [0.1, 0.15) is 34.7 Å². The summed E-state index contributed by atoms with van der Waals surface area (Å²) < 4.78 is 15.6. The van der Waals surface area contributed by atoms with Crippen molar-refractivity contribution in [2.24, 2.45) is 0 Å². The summed E-state index contributed by atoms with van der Waals surface area (Å²) in [4.78, 5) is 15.3. The highest BCUT2D eigenvalue weighted by atomic mass is 19.1. The molecule has 3 aromatic rings. The van der Waals surface area contributed by atoms with Gasteiger partial charge >= 0.3 is 0 Å². The van der Waals surface area contributed by atoms with Gasteiger partial charge in [0, 0.05) is 17.1 Å². The van der Waals surface area contributed by atoms with Gasteiger partial charge in [0.05, 0.1) is 5.52 Å². The Morgan fingerprint density at radius 1 is 1.08 bits per heavy atom. The van der Waals surface area contributed by atoms with E-state index >= 15 is 0 Å². The van der Waals surface area contributed by atoms with E-state index in [9.17, 15) is 9.18 Å². The number of fused-ring (bicyclic) bond motifs is 1. The maximum absolute atomic E-state index is 13.9. The minimum atomic E-state index is -0.258. The molecule has 1 fully saturated rings. The number of piperidine rings is 1. The van der Waals surface area contributed by atoms with Gasteiger partial charge in [-0.25, -0.2) is 4.39 Å². The molecule has 0 unspecified atom stereocenters. The van der Waals surface area contributed by atoms with E-state index in [0.29, 0.717) is 11.5 Å². The Morgan fingerprint density at radius 2 is 1.80 bits per heavy atom. The van der Waals surface area contributed by atoms with Crippen LogP contribution < -0.4 is 0 Å². The number of hydrogen-bond acceptors (Lipinski definition) is 2. The lowest BCUT2D eigenvalue weighted by atomic mass is 9.89. The third kappa shape index (κ3) is 2.98. The van der Waals surface area contributed by atoms with E-state index in [0.717, 1.165) is 42.4 Å². The molecule has 25 heavy (non-hydrogen) atoms. The van der Waals surface area contributed by atoms with E-state index in [1.54, 1.807) is 16.7 Å². The molecular weight excluding hydrogens is 315 g/mol. The predicted molar refractivity (Wildman–Crippen MR) is 97.5 cm³/mol. The molecule has 1 aliphatic heterocycles. The summed E-state index contributed by atoms with van der Waals surface area (Å²) in [7, 11) is 2.12. The highest BCUT2D eigenvalue weighted by molar-refractivity contribution is 6.03. The highest BCUT2D eigenvalue weighted by Crippen LogP contribution is 2.35.